The second-order valence-corrected chi connectivity index (χ2v) is 4.33. The first-order valence-electron chi connectivity index (χ1n) is 4.87. The van der Waals surface area contributed by atoms with Crippen LogP contribution < -0.4 is 11.4 Å². The number of H-pyrrole nitrogens is 2. The molecular weight excluding hydrogens is 180 g/mol. The molecule has 0 aromatic carbocycles. The fourth-order valence-corrected chi connectivity index (χ4v) is 1.40. The van der Waals surface area contributed by atoms with Crippen molar-refractivity contribution in [1.29, 1.82) is 0 Å². The Labute approximate surface area is 83.1 Å². The molecule has 1 rings (SSSR count). The van der Waals surface area contributed by atoms with Gasteiger partial charge in [-0.05, 0) is 24.8 Å². The van der Waals surface area contributed by atoms with E-state index in [1.54, 1.807) is 0 Å². The van der Waals surface area contributed by atoms with Gasteiger partial charge in [-0.25, -0.2) is 9.89 Å². The quantitative estimate of drug-likeness (QED) is 0.640. The Morgan fingerprint density at radius 1 is 1.43 bits per heavy atom. The maximum Gasteiger partial charge on any atom is 0.340 e. The van der Waals surface area contributed by atoms with Gasteiger partial charge in [-0.2, -0.15) is 5.10 Å². The van der Waals surface area contributed by atoms with Crippen LogP contribution in [0.1, 0.15) is 32.5 Å². The minimum Gasteiger partial charge on any atom is -0.330 e. The highest BCUT2D eigenvalue weighted by Crippen LogP contribution is 2.25. The van der Waals surface area contributed by atoms with Gasteiger partial charge in [0.05, 0.1) is 0 Å². The molecule has 4 N–H and O–H groups in total. The summed E-state index contributed by atoms with van der Waals surface area (Å²) < 4.78 is 0. The van der Waals surface area contributed by atoms with Crippen molar-refractivity contribution in [3.8, 4) is 0 Å². The van der Waals surface area contributed by atoms with Crippen molar-refractivity contribution in [2.45, 2.75) is 33.1 Å². The SMILES string of the molecule is CC(C)(CCN)CCc1n[nH]c(=O)[nH]1. The molecule has 1 heterocycles. The monoisotopic (exact) mass is 198 g/mol. The highest BCUT2D eigenvalue weighted by molar-refractivity contribution is 4.83. The number of aryl methyl sites for hydroxylation is 1. The molecule has 0 aliphatic carbocycles. The summed E-state index contributed by atoms with van der Waals surface area (Å²) >= 11 is 0. The summed E-state index contributed by atoms with van der Waals surface area (Å²) in [5, 5.41) is 6.21. The third-order valence-electron chi connectivity index (χ3n) is 2.41. The summed E-state index contributed by atoms with van der Waals surface area (Å²) in [7, 11) is 0. The zero-order valence-corrected chi connectivity index (χ0v) is 8.76. The average molecular weight is 198 g/mol. The van der Waals surface area contributed by atoms with E-state index in [-0.39, 0.29) is 11.1 Å². The predicted molar refractivity (Wildman–Crippen MR) is 55.0 cm³/mol. The molecule has 0 spiro atoms. The smallest absolute Gasteiger partial charge is 0.330 e. The van der Waals surface area contributed by atoms with Crippen molar-refractivity contribution >= 4 is 0 Å². The van der Waals surface area contributed by atoms with E-state index in [1.807, 2.05) is 0 Å². The van der Waals surface area contributed by atoms with Crippen molar-refractivity contribution in [3.05, 3.63) is 16.3 Å². The lowest BCUT2D eigenvalue weighted by molar-refractivity contribution is 0.311. The standard InChI is InChI=1S/C9H18N4O/c1-9(2,5-6-10)4-3-7-11-8(14)13-12-7/h3-6,10H2,1-2H3,(H2,11,12,13,14). The normalized spacial score (nSPS) is 11.9. The molecule has 0 aliphatic heterocycles. The average Bonchev–Trinajstić information content (AvgIpc) is 2.48. The van der Waals surface area contributed by atoms with Crippen molar-refractivity contribution < 1.29 is 0 Å². The predicted octanol–water partition coefficient (Wildman–Crippen LogP) is 0.406. The van der Waals surface area contributed by atoms with E-state index in [1.165, 1.54) is 0 Å². The zero-order valence-electron chi connectivity index (χ0n) is 8.76. The molecule has 80 valence electrons. The van der Waals surface area contributed by atoms with Crippen LogP contribution in [-0.2, 0) is 6.42 Å². The highest BCUT2D eigenvalue weighted by atomic mass is 16.1. The second-order valence-electron chi connectivity index (χ2n) is 4.33. The highest BCUT2D eigenvalue weighted by Gasteiger charge is 2.17. The van der Waals surface area contributed by atoms with Gasteiger partial charge in [0.2, 0.25) is 0 Å². The van der Waals surface area contributed by atoms with Gasteiger partial charge in [0.1, 0.15) is 5.82 Å². The summed E-state index contributed by atoms with van der Waals surface area (Å²) in [4.78, 5) is 13.4. The minimum absolute atomic E-state index is 0.213. The van der Waals surface area contributed by atoms with E-state index < -0.39 is 0 Å². The van der Waals surface area contributed by atoms with Crippen LogP contribution in [0.3, 0.4) is 0 Å². The molecule has 0 saturated heterocycles. The molecule has 0 saturated carbocycles. The molecule has 0 bridgehead atoms. The molecule has 0 amide bonds. The van der Waals surface area contributed by atoms with Gasteiger partial charge >= 0.3 is 5.69 Å². The Kier molecular flexibility index (Phi) is 3.46. The molecule has 1 aromatic heterocycles. The molecule has 0 radical (unpaired) electrons. The molecule has 0 aliphatic rings. The Hall–Kier alpha value is -1.10. The first-order valence-corrected chi connectivity index (χ1v) is 4.87. The van der Waals surface area contributed by atoms with Crippen LogP contribution in [0.2, 0.25) is 0 Å². The van der Waals surface area contributed by atoms with Gasteiger partial charge in [-0.3, -0.25) is 4.98 Å². The first-order chi connectivity index (χ1) is 6.53. The van der Waals surface area contributed by atoms with Gasteiger partial charge in [0, 0.05) is 6.42 Å². The summed E-state index contributed by atoms with van der Waals surface area (Å²) in [6, 6.07) is 0. The third kappa shape index (κ3) is 3.33. The largest absolute Gasteiger partial charge is 0.340 e. The summed E-state index contributed by atoms with van der Waals surface area (Å²) in [5.41, 5.74) is 5.48. The number of aromatic nitrogens is 3. The fraction of sp³-hybridized carbons (Fsp3) is 0.778. The van der Waals surface area contributed by atoms with Gasteiger partial charge in [0.15, 0.2) is 0 Å². The Balaban J connectivity index is 2.44. The number of nitrogens with two attached hydrogens (primary N) is 1. The van der Waals surface area contributed by atoms with E-state index in [9.17, 15) is 4.79 Å². The molecular formula is C9H18N4O. The van der Waals surface area contributed by atoms with Crippen LogP contribution >= 0.6 is 0 Å². The lowest BCUT2D eigenvalue weighted by Crippen LogP contribution is -2.18. The Morgan fingerprint density at radius 2 is 2.14 bits per heavy atom. The van der Waals surface area contributed by atoms with Crippen LogP contribution in [0.15, 0.2) is 4.79 Å². The number of hydrogen-bond acceptors (Lipinski definition) is 3. The topological polar surface area (TPSA) is 87.6 Å². The maximum atomic E-state index is 10.7. The van der Waals surface area contributed by atoms with Gasteiger partial charge in [-0.1, -0.05) is 13.8 Å². The van der Waals surface area contributed by atoms with Crippen LogP contribution in [0.4, 0.5) is 0 Å². The fourth-order valence-electron chi connectivity index (χ4n) is 1.40. The number of aromatic amines is 2. The lowest BCUT2D eigenvalue weighted by Gasteiger charge is -2.22. The summed E-state index contributed by atoms with van der Waals surface area (Å²) in [6.07, 6.45) is 2.75. The van der Waals surface area contributed by atoms with Crippen LogP contribution in [0.25, 0.3) is 0 Å². The molecule has 0 fully saturated rings. The van der Waals surface area contributed by atoms with Gasteiger partial charge in [-0.15, -0.1) is 0 Å². The number of nitrogens with zero attached hydrogens (tertiary/aromatic N) is 1. The number of hydrogen-bond donors (Lipinski definition) is 3. The Morgan fingerprint density at radius 3 is 2.64 bits per heavy atom. The third-order valence-corrected chi connectivity index (χ3v) is 2.41. The molecule has 5 nitrogen and oxygen atoms in total. The second kappa shape index (κ2) is 4.41. The maximum absolute atomic E-state index is 10.7. The van der Waals surface area contributed by atoms with Gasteiger partial charge < -0.3 is 5.73 Å². The van der Waals surface area contributed by atoms with E-state index >= 15 is 0 Å². The summed E-state index contributed by atoms with van der Waals surface area (Å²) in [5.74, 6) is 0.722. The van der Waals surface area contributed by atoms with Crippen molar-refractivity contribution in [1.82, 2.24) is 15.2 Å². The van der Waals surface area contributed by atoms with E-state index in [4.69, 9.17) is 5.73 Å². The molecule has 5 heteroatoms. The van der Waals surface area contributed by atoms with E-state index in [0.717, 1.165) is 25.1 Å². The van der Waals surface area contributed by atoms with Crippen LogP contribution in [-0.4, -0.2) is 21.7 Å². The van der Waals surface area contributed by atoms with Gasteiger partial charge in [0.25, 0.3) is 0 Å². The first kappa shape index (κ1) is 11.0. The van der Waals surface area contributed by atoms with Crippen molar-refractivity contribution in [3.63, 3.8) is 0 Å². The molecule has 14 heavy (non-hydrogen) atoms. The van der Waals surface area contributed by atoms with Crippen molar-refractivity contribution in [2.24, 2.45) is 11.1 Å². The Bertz CT molecular complexity index is 326. The zero-order chi connectivity index (χ0) is 10.6. The van der Waals surface area contributed by atoms with E-state index in [2.05, 4.69) is 29.0 Å². The van der Waals surface area contributed by atoms with Crippen LogP contribution in [0, 0.1) is 5.41 Å². The molecule has 0 atom stereocenters. The summed E-state index contributed by atoms with van der Waals surface area (Å²) in [6.45, 7) is 5.04. The lowest BCUT2D eigenvalue weighted by atomic mass is 9.84. The van der Waals surface area contributed by atoms with Crippen molar-refractivity contribution in [2.75, 3.05) is 6.54 Å². The number of rotatable bonds is 5. The number of nitrogens with one attached hydrogen (secondary N) is 2. The van der Waals surface area contributed by atoms with Crippen LogP contribution in [0.5, 0.6) is 0 Å². The molecule has 1 aromatic rings. The minimum atomic E-state index is -0.239. The van der Waals surface area contributed by atoms with E-state index in [0.29, 0.717) is 6.54 Å². The molecule has 0 unspecified atom stereocenters.